The first-order valence-electron chi connectivity index (χ1n) is 9.90. The Morgan fingerprint density at radius 1 is 1.18 bits per heavy atom. The molecule has 1 aliphatic carbocycles. The summed E-state index contributed by atoms with van der Waals surface area (Å²) >= 11 is 0. The maximum Gasteiger partial charge on any atom is 0.326 e. The second-order valence-electron chi connectivity index (χ2n) is 7.86. The van der Waals surface area contributed by atoms with E-state index in [9.17, 15) is 19.5 Å². The number of hydrogen-bond acceptors (Lipinski definition) is 3. The lowest BCUT2D eigenvalue weighted by Gasteiger charge is -2.32. The molecule has 2 amide bonds. The first kappa shape index (κ1) is 18.5. The Kier molecular flexibility index (Phi) is 5.07. The molecule has 2 aliphatic rings. The van der Waals surface area contributed by atoms with Crippen LogP contribution in [0.1, 0.15) is 31.2 Å². The molecule has 148 valence electrons. The fraction of sp³-hybridized carbons (Fsp3) is 0.476. The molecule has 1 saturated heterocycles. The number of benzene rings is 1. The van der Waals surface area contributed by atoms with Crippen LogP contribution in [0, 0.1) is 11.8 Å². The Morgan fingerprint density at radius 2 is 1.96 bits per heavy atom. The second kappa shape index (κ2) is 7.66. The molecule has 2 aromatic rings. The van der Waals surface area contributed by atoms with Crippen LogP contribution in [0.4, 0.5) is 0 Å². The molecule has 2 atom stereocenters. The molecule has 4 rings (SSSR count). The van der Waals surface area contributed by atoms with Crippen molar-refractivity contribution in [2.75, 3.05) is 13.1 Å². The van der Waals surface area contributed by atoms with E-state index in [0.29, 0.717) is 19.5 Å². The topological polar surface area (TPSA) is 102 Å². The molecule has 7 heteroatoms. The Labute approximate surface area is 163 Å². The van der Waals surface area contributed by atoms with Gasteiger partial charge in [-0.2, -0.15) is 0 Å². The number of fused-ring (bicyclic) bond motifs is 1. The number of para-hydroxylation sites is 1. The number of aliphatic carboxylic acids is 1. The smallest absolute Gasteiger partial charge is 0.326 e. The summed E-state index contributed by atoms with van der Waals surface area (Å²) in [7, 11) is 0. The maximum atomic E-state index is 12.7. The summed E-state index contributed by atoms with van der Waals surface area (Å²) < 4.78 is 0. The van der Waals surface area contributed by atoms with E-state index in [4.69, 9.17) is 0 Å². The van der Waals surface area contributed by atoms with Crippen LogP contribution in [-0.2, 0) is 20.8 Å². The van der Waals surface area contributed by atoms with Gasteiger partial charge in [-0.3, -0.25) is 9.59 Å². The standard InChI is InChI=1S/C21H25N3O4/c25-19(14-4-3-9-24(12-14)20(26)13-7-8-13)23-18(21(27)28)10-15-11-22-17-6-2-1-5-16(15)17/h1-2,5-6,11,13-14,18,22H,3-4,7-10,12H2,(H,23,25)(H,27,28). The number of carboxylic acids is 1. The van der Waals surface area contributed by atoms with E-state index in [-0.39, 0.29) is 30.1 Å². The van der Waals surface area contributed by atoms with E-state index in [2.05, 4.69) is 10.3 Å². The molecule has 1 aliphatic heterocycles. The van der Waals surface area contributed by atoms with Gasteiger partial charge in [0.1, 0.15) is 6.04 Å². The zero-order valence-electron chi connectivity index (χ0n) is 15.7. The van der Waals surface area contributed by atoms with Crippen LogP contribution in [-0.4, -0.2) is 51.9 Å². The molecule has 2 heterocycles. The second-order valence-corrected chi connectivity index (χ2v) is 7.86. The Bertz CT molecular complexity index is 902. The number of aromatic nitrogens is 1. The van der Waals surface area contributed by atoms with Crippen LogP contribution in [0.15, 0.2) is 30.5 Å². The third kappa shape index (κ3) is 3.88. The summed E-state index contributed by atoms with van der Waals surface area (Å²) in [6.07, 6.45) is 5.35. The van der Waals surface area contributed by atoms with Crippen molar-refractivity contribution in [3.8, 4) is 0 Å². The maximum absolute atomic E-state index is 12.7. The first-order valence-corrected chi connectivity index (χ1v) is 9.90. The summed E-state index contributed by atoms with van der Waals surface area (Å²) in [6.45, 7) is 1.08. The molecule has 0 spiro atoms. The van der Waals surface area contributed by atoms with Crippen molar-refractivity contribution in [3.63, 3.8) is 0 Å². The van der Waals surface area contributed by atoms with Gasteiger partial charge >= 0.3 is 5.97 Å². The number of carbonyl (C=O) groups is 3. The third-order valence-electron chi connectivity index (χ3n) is 5.74. The van der Waals surface area contributed by atoms with E-state index in [1.165, 1.54) is 0 Å². The highest BCUT2D eigenvalue weighted by Crippen LogP contribution is 2.32. The molecule has 0 bridgehead atoms. The number of likely N-dealkylation sites (tertiary alicyclic amines) is 1. The number of nitrogens with zero attached hydrogens (tertiary/aromatic N) is 1. The van der Waals surface area contributed by atoms with Crippen molar-refractivity contribution < 1.29 is 19.5 Å². The number of piperidine rings is 1. The highest BCUT2D eigenvalue weighted by Gasteiger charge is 2.37. The van der Waals surface area contributed by atoms with E-state index >= 15 is 0 Å². The summed E-state index contributed by atoms with van der Waals surface area (Å²) in [5.41, 5.74) is 1.80. The lowest BCUT2D eigenvalue weighted by molar-refractivity contribution is -0.144. The molecule has 28 heavy (non-hydrogen) atoms. The fourth-order valence-corrected chi connectivity index (χ4v) is 3.99. The van der Waals surface area contributed by atoms with Gasteiger partial charge in [-0.15, -0.1) is 0 Å². The van der Waals surface area contributed by atoms with E-state index < -0.39 is 12.0 Å². The number of aromatic amines is 1. The van der Waals surface area contributed by atoms with Gasteiger partial charge in [-0.1, -0.05) is 18.2 Å². The van der Waals surface area contributed by atoms with Crippen LogP contribution in [0.3, 0.4) is 0 Å². The van der Waals surface area contributed by atoms with Gasteiger partial charge in [-0.25, -0.2) is 4.79 Å². The first-order chi connectivity index (χ1) is 13.5. The lowest BCUT2D eigenvalue weighted by Crippen LogP contribution is -2.50. The van der Waals surface area contributed by atoms with Crippen molar-refractivity contribution >= 4 is 28.7 Å². The van der Waals surface area contributed by atoms with Crippen molar-refractivity contribution in [1.29, 1.82) is 0 Å². The van der Waals surface area contributed by atoms with Crippen molar-refractivity contribution in [3.05, 3.63) is 36.0 Å². The number of hydrogen-bond donors (Lipinski definition) is 3. The average Bonchev–Trinajstić information content (AvgIpc) is 3.48. The van der Waals surface area contributed by atoms with E-state index in [1.807, 2.05) is 24.3 Å². The SMILES string of the molecule is O=C(NC(Cc1c[nH]c2ccccc12)C(=O)O)C1CCCN(C(=O)C2CC2)C1. The minimum Gasteiger partial charge on any atom is -0.480 e. The molecule has 1 aromatic heterocycles. The van der Waals surface area contributed by atoms with Crippen molar-refractivity contribution in [2.24, 2.45) is 11.8 Å². The number of carboxylic acid groups (broad SMARTS) is 1. The van der Waals surface area contributed by atoms with Crippen LogP contribution < -0.4 is 5.32 Å². The number of rotatable bonds is 6. The average molecular weight is 383 g/mol. The zero-order valence-corrected chi connectivity index (χ0v) is 15.7. The van der Waals surface area contributed by atoms with Crippen LogP contribution in [0.2, 0.25) is 0 Å². The molecule has 1 saturated carbocycles. The van der Waals surface area contributed by atoms with Crippen molar-refractivity contribution in [1.82, 2.24) is 15.2 Å². The highest BCUT2D eigenvalue weighted by molar-refractivity contribution is 5.88. The minimum atomic E-state index is -1.06. The summed E-state index contributed by atoms with van der Waals surface area (Å²) in [5.74, 6) is -1.40. The summed E-state index contributed by atoms with van der Waals surface area (Å²) in [6, 6.07) is 6.69. The number of amides is 2. The van der Waals surface area contributed by atoms with Gasteiger partial charge in [0.2, 0.25) is 11.8 Å². The molecule has 2 unspecified atom stereocenters. The molecule has 3 N–H and O–H groups in total. The molecular formula is C21H25N3O4. The van der Waals surface area contributed by atoms with Gasteiger partial charge < -0.3 is 20.3 Å². The van der Waals surface area contributed by atoms with Crippen LogP contribution >= 0.6 is 0 Å². The highest BCUT2D eigenvalue weighted by atomic mass is 16.4. The predicted molar refractivity (Wildman–Crippen MR) is 104 cm³/mol. The van der Waals surface area contributed by atoms with Crippen LogP contribution in [0.5, 0.6) is 0 Å². The molecule has 0 radical (unpaired) electrons. The largest absolute Gasteiger partial charge is 0.480 e. The van der Waals surface area contributed by atoms with Gasteiger partial charge in [-0.05, 0) is 37.3 Å². The third-order valence-corrected chi connectivity index (χ3v) is 5.74. The van der Waals surface area contributed by atoms with E-state index in [0.717, 1.165) is 35.7 Å². The monoisotopic (exact) mass is 383 g/mol. The van der Waals surface area contributed by atoms with Gasteiger partial charge in [0.25, 0.3) is 0 Å². The van der Waals surface area contributed by atoms with Gasteiger partial charge in [0.15, 0.2) is 0 Å². The number of nitrogens with one attached hydrogen (secondary N) is 2. The minimum absolute atomic E-state index is 0.135. The molecular weight excluding hydrogens is 358 g/mol. The number of H-pyrrole nitrogens is 1. The zero-order chi connectivity index (χ0) is 19.7. The van der Waals surface area contributed by atoms with Gasteiger partial charge in [0, 0.05) is 42.5 Å². The molecule has 2 fully saturated rings. The molecule has 7 nitrogen and oxygen atoms in total. The normalized spacial score (nSPS) is 20.7. The Morgan fingerprint density at radius 3 is 2.71 bits per heavy atom. The summed E-state index contributed by atoms with van der Waals surface area (Å²) in [5, 5.41) is 13.3. The quantitative estimate of drug-likeness (QED) is 0.709. The van der Waals surface area contributed by atoms with Crippen LogP contribution in [0.25, 0.3) is 10.9 Å². The predicted octanol–water partition coefficient (Wildman–Crippen LogP) is 1.93. The number of carbonyl (C=O) groups excluding carboxylic acids is 2. The summed E-state index contributed by atoms with van der Waals surface area (Å²) in [4.78, 5) is 41.7. The van der Waals surface area contributed by atoms with E-state index in [1.54, 1.807) is 11.1 Å². The fourth-order valence-electron chi connectivity index (χ4n) is 3.99. The Hall–Kier alpha value is -2.83. The molecule has 1 aromatic carbocycles. The van der Waals surface area contributed by atoms with Crippen molar-refractivity contribution in [2.45, 2.75) is 38.1 Å². The Balaban J connectivity index is 1.41. The van der Waals surface area contributed by atoms with Gasteiger partial charge in [0.05, 0.1) is 5.92 Å². The lowest BCUT2D eigenvalue weighted by atomic mass is 9.95.